The summed E-state index contributed by atoms with van der Waals surface area (Å²) < 4.78 is 3.56. The molecule has 0 spiro atoms. The van der Waals surface area contributed by atoms with Crippen LogP contribution >= 0.6 is 0 Å². The smallest absolute Gasteiger partial charge is 0.272 e. The summed E-state index contributed by atoms with van der Waals surface area (Å²) in [6.07, 6.45) is 14.0. The van der Waals surface area contributed by atoms with Gasteiger partial charge in [-0.2, -0.15) is 10.2 Å². The van der Waals surface area contributed by atoms with Crippen LogP contribution in [0.1, 0.15) is 38.6 Å². The van der Waals surface area contributed by atoms with Gasteiger partial charge in [-0.25, -0.2) is 0 Å². The van der Waals surface area contributed by atoms with Gasteiger partial charge in [-0.1, -0.05) is 38.1 Å². The Balaban J connectivity index is 1.65. The largest absolute Gasteiger partial charge is 0.394 e. The first-order valence-electron chi connectivity index (χ1n) is 12.6. The zero-order valence-corrected chi connectivity index (χ0v) is 21.5. The van der Waals surface area contributed by atoms with Crippen molar-refractivity contribution in [1.82, 2.24) is 24.5 Å². The number of allylic oxidation sites excluding steroid dienone is 5. The second kappa shape index (κ2) is 11.9. The van der Waals surface area contributed by atoms with E-state index >= 15 is 0 Å². The molecular formula is C28H34N6O3. The van der Waals surface area contributed by atoms with Crippen molar-refractivity contribution in [1.29, 1.82) is 0 Å². The van der Waals surface area contributed by atoms with Gasteiger partial charge in [0, 0.05) is 23.5 Å². The number of aryl methyl sites for hydroxylation is 1. The molecule has 0 fully saturated rings. The fraction of sp³-hybridized carbons (Fsp3) is 0.321. The molecule has 9 heteroatoms. The molecule has 4 rings (SSSR count). The standard InChI is InChI=1S/C28H34N6O3/c1-4-10-20-11-7-8-16-32(20)25(6-3)28(37)30-24-12-9-13-26-27(24)23(5-2)31-34(26)17-21-14-15-29-33(21)18-22(36)19-35/h6-16,22,35-36H,4-5,17-19H2,1-3H3,(H,30,37). The topological polar surface area (TPSA) is 108 Å². The lowest BCUT2D eigenvalue weighted by molar-refractivity contribution is -0.113. The van der Waals surface area contributed by atoms with Crippen LogP contribution < -0.4 is 5.32 Å². The van der Waals surface area contributed by atoms with Gasteiger partial charge in [-0.15, -0.1) is 0 Å². The zero-order chi connectivity index (χ0) is 26.4. The summed E-state index contributed by atoms with van der Waals surface area (Å²) in [5.41, 5.74) is 4.81. The number of anilines is 1. The fourth-order valence-electron chi connectivity index (χ4n) is 4.47. The molecule has 0 aliphatic carbocycles. The fourth-order valence-corrected chi connectivity index (χ4v) is 4.47. The Bertz CT molecular complexity index is 1380. The van der Waals surface area contributed by atoms with Crippen LogP contribution in [0.4, 0.5) is 5.69 Å². The first-order chi connectivity index (χ1) is 18.0. The van der Waals surface area contributed by atoms with Gasteiger partial charge in [-0.05, 0) is 50.1 Å². The number of fused-ring (bicyclic) bond motifs is 1. The lowest BCUT2D eigenvalue weighted by Gasteiger charge is -2.26. The van der Waals surface area contributed by atoms with Crippen molar-refractivity contribution in [2.24, 2.45) is 0 Å². The van der Waals surface area contributed by atoms with E-state index in [1.807, 2.05) is 78.2 Å². The Labute approximate surface area is 216 Å². The number of hydrogen-bond donors (Lipinski definition) is 3. The van der Waals surface area contributed by atoms with Gasteiger partial charge in [0.05, 0.1) is 48.4 Å². The molecule has 1 amide bonds. The van der Waals surface area contributed by atoms with Crippen LogP contribution in [0, 0.1) is 0 Å². The van der Waals surface area contributed by atoms with E-state index in [9.17, 15) is 15.0 Å². The van der Waals surface area contributed by atoms with Crippen LogP contribution in [0.5, 0.6) is 0 Å². The van der Waals surface area contributed by atoms with Crippen LogP contribution in [-0.4, -0.2) is 53.3 Å². The number of nitrogens with one attached hydrogen (secondary N) is 1. The first kappa shape index (κ1) is 26.1. The lowest BCUT2D eigenvalue weighted by Crippen LogP contribution is -2.27. The normalized spacial score (nSPS) is 15.6. The predicted octanol–water partition coefficient (Wildman–Crippen LogP) is 3.72. The highest BCUT2D eigenvalue weighted by atomic mass is 16.3. The van der Waals surface area contributed by atoms with Crippen LogP contribution in [0.15, 0.2) is 78.4 Å². The van der Waals surface area contributed by atoms with E-state index in [0.717, 1.165) is 34.4 Å². The van der Waals surface area contributed by atoms with Gasteiger partial charge in [0.25, 0.3) is 5.91 Å². The Hall–Kier alpha value is -3.95. The van der Waals surface area contributed by atoms with Crippen molar-refractivity contribution in [2.75, 3.05) is 11.9 Å². The Morgan fingerprint density at radius 1 is 1.19 bits per heavy atom. The molecule has 1 aliphatic rings. The summed E-state index contributed by atoms with van der Waals surface area (Å²) in [5.74, 6) is -0.206. The SMILES string of the molecule is CC=C(C(=O)Nc1cccc2c1c(CC)nn2Cc1ccnn1CC(O)CO)N1C=CC=CC1=CCC. The zero-order valence-electron chi connectivity index (χ0n) is 21.5. The molecule has 3 aromatic rings. The van der Waals surface area contributed by atoms with Crippen molar-refractivity contribution in [3.63, 3.8) is 0 Å². The molecule has 2 aromatic heterocycles. The molecule has 0 radical (unpaired) electrons. The Kier molecular flexibility index (Phi) is 8.37. The van der Waals surface area contributed by atoms with E-state index in [1.54, 1.807) is 10.9 Å². The maximum absolute atomic E-state index is 13.5. The molecule has 0 saturated heterocycles. The molecule has 3 heterocycles. The maximum Gasteiger partial charge on any atom is 0.272 e. The highest BCUT2D eigenvalue weighted by molar-refractivity contribution is 6.09. The van der Waals surface area contributed by atoms with Gasteiger partial charge in [0.1, 0.15) is 5.70 Å². The molecule has 0 saturated carbocycles. The van der Waals surface area contributed by atoms with Crippen LogP contribution in [0.2, 0.25) is 0 Å². The summed E-state index contributed by atoms with van der Waals surface area (Å²) in [5, 5.41) is 32.2. The average molecular weight is 503 g/mol. The summed E-state index contributed by atoms with van der Waals surface area (Å²) in [6, 6.07) is 7.66. The molecule has 3 N–H and O–H groups in total. The number of rotatable bonds is 10. The van der Waals surface area contributed by atoms with Crippen molar-refractivity contribution in [3.8, 4) is 0 Å². The molecule has 1 aromatic carbocycles. The van der Waals surface area contributed by atoms with E-state index in [4.69, 9.17) is 5.10 Å². The van der Waals surface area contributed by atoms with Crippen LogP contribution in [0.25, 0.3) is 10.9 Å². The minimum absolute atomic E-state index is 0.195. The van der Waals surface area contributed by atoms with Gasteiger partial charge < -0.3 is 20.4 Å². The minimum atomic E-state index is -0.889. The van der Waals surface area contributed by atoms with E-state index in [1.165, 1.54) is 0 Å². The maximum atomic E-state index is 13.5. The molecule has 1 atom stereocenters. The highest BCUT2D eigenvalue weighted by Gasteiger charge is 2.21. The number of benzene rings is 1. The van der Waals surface area contributed by atoms with E-state index in [2.05, 4.69) is 23.4 Å². The molecule has 1 aliphatic heterocycles. The number of aliphatic hydroxyl groups excluding tert-OH is 2. The van der Waals surface area contributed by atoms with E-state index in [0.29, 0.717) is 24.4 Å². The number of aromatic nitrogens is 4. The molecule has 1 unspecified atom stereocenters. The number of carbonyl (C=O) groups is 1. The van der Waals surface area contributed by atoms with Crippen molar-refractivity contribution in [3.05, 3.63) is 89.8 Å². The molecule has 194 valence electrons. The lowest BCUT2D eigenvalue weighted by atomic mass is 10.1. The van der Waals surface area contributed by atoms with Crippen LogP contribution in [0.3, 0.4) is 0 Å². The monoisotopic (exact) mass is 502 g/mol. The van der Waals surface area contributed by atoms with Gasteiger partial charge in [-0.3, -0.25) is 14.2 Å². The molecule has 0 bridgehead atoms. The van der Waals surface area contributed by atoms with E-state index < -0.39 is 6.10 Å². The van der Waals surface area contributed by atoms with Crippen LogP contribution in [-0.2, 0) is 24.3 Å². The van der Waals surface area contributed by atoms with Gasteiger partial charge in [0.15, 0.2) is 0 Å². The van der Waals surface area contributed by atoms with Gasteiger partial charge >= 0.3 is 0 Å². The van der Waals surface area contributed by atoms with Crippen molar-refractivity contribution >= 4 is 22.5 Å². The molecular weight excluding hydrogens is 468 g/mol. The third-order valence-corrected chi connectivity index (χ3v) is 6.21. The second-order valence-electron chi connectivity index (χ2n) is 8.73. The highest BCUT2D eigenvalue weighted by Crippen LogP contribution is 2.29. The first-order valence-corrected chi connectivity index (χ1v) is 12.6. The number of amides is 1. The summed E-state index contributed by atoms with van der Waals surface area (Å²) in [7, 11) is 0. The Morgan fingerprint density at radius 3 is 2.76 bits per heavy atom. The van der Waals surface area contributed by atoms with Crippen molar-refractivity contribution in [2.45, 2.75) is 52.8 Å². The molecule has 9 nitrogen and oxygen atoms in total. The average Bonchev–Trinajstić information content (AvgIpc) is 3.50. The minimum Gasteiger partial charge on any atom is -0.394 e. The van der Waals surface area contributed by atoms with Crippen molar-refractivity contribution < 1.29 is 15.0 Å². The second-order valence-corrected chi connectivity index (χ2v) is 8.73. The summed E-state index contributed by atoms with van der Waals surface area (Å²) >= 11 is 0. The summed E-state index contributed by atoms with van der Waals surface area (Å²) in [6.45, 7) is 6.26. The third-order valence-electron chi connectivity index (χ3n) is 6.21. The van der Waals surface area contributed by atoms with E-state index in [-0.39, 0.29) is 19.1 Å². The number of hydrogen-bond acceptors (Lipinski definition) is 6. The number of aliphatic hydroxyl groups is 2. The Morgan fingerprint density at radius 2 is 2.03 bits per heavy atom. The molecule has 37 heavy (non-hydrogen) atoms. The summed E-state index contributed by atoms with van der Waals surface area (Å²) in [4.78, 5) is 15.4. The third kappa shape index (κ3) is 5.58. The number of nitrogens with zero attached hydrogens (tertiary/aromatic N) is 5. The van der Waals surface area contributed by atoms with Gasteiger partial charge in [0.2, 0.25) is 0 Å². The number of carbonyl (C=O) groups excluding carboxylic acids is 1. The quantitative estimate of drug-likeness (QED) is 0.365. The predicted molar refractivity (Wildman–Crippen MR) is 144 cm³/mol.